The zero-order valence-corrected chi connectivity index (χ0v) is 12.2. The first kappa shape index (κ1) is 11.4. The Morgan fingerprint density at radius 1 is 0.652 bits per heavy atom. The summed E-state index contributed by atoms with van der Waals surface area (Å²) in [6.45, 7) is 0. The first-order chi connectivity index (χ1) is 11.4. The second kappa shape index (κ2) is 3.79. The van der Waals surface area contributed by atoms with E-state index in [-0.39, 0.29) is 0 Å². The van der Waals surface area contributed by atoms with Gasteiger partial charge in [-0.05, 0) is 41.1 Å². The Morgan fingerprint density at radius 2 is 1.52 bits per heavy atom. The summed E-state index contributed by atoms with van der Waals surface area (Å²) in [5.41, 5.74) is 2.10. The van der Waals surface area contributed by atoms with E-state index >= 15 is 0 Å². The van der Waals surface area contributed by atoms with Crippen LogP contribution in [-0.4, -0.2) is 4.98 Å². The lowest BCUT2D eigenvalue weighted by atomic mass is 10.0. The lowest BCUT2D eigenvalue weighted by Gasteiger charge is -2.07. The number of hydrogen-bond acceptors (Lipinski definition) is 2. The van der Waals surface area contributed by atoms with Crippen LogP contribution in [0.2, 0.25) is 0 Å². The number of ether oxygens (including phenoxy) is 1. The predicted molar refractivity (Wildman–Crippen MR) is 94.3 cm³/mol. The summed E-state index contributed by atoms with van der Waals surface area (Å²) >= 11 is 0. The first-order valence-electron chi connectivity index (χ1n) is 7.74. The number of pyridine rings is 1. The highest BCUT2D eigenvalue weighted by Crippen LogP contribution is 2.51. The normalized spacial score (nSPS) is 12.7. The van der Waals surface area contributed by atoms with Crippen LogP contribution in [-0.2, 0) is 0 Å². The summed E-state index contributed by atoms with van der Waals surface area (Å²) < 4.78 is 5.52. The molecular weight excluding hydrogens is 282 g/mol. The molecule has 0 unspecified atom stereocenters. The van der Waals surface area contributed by atoms with Crippen molar-refractivity contribution in [1.29, 1.82) is 0 Å². The fraction of sp³-hybridized carbons (Fsp3) is 0. The molecule has 0 fully saturated rings. The highest BCUT2D eigenvalue weighted by Gasteiger charge is 2.23. The molecule has 1 aliphatic heterocycles. The van der Waals surface area contributed by atoms with Gasteiger partial charge in [0.2, 0.25) is 0 Å². The quantitative estimate of drug-likeness (QED) is 0.201. The summed E-state index contributed by atoms with van der Waals surface area (Å²) in [5, 5.41) is 7.18. The summed E-state index contributed by atoms with van der Waals surface area (Å²) in [6, 6.07) is 23.4. The molecular formula is C21H11NO. The van der Waals surface area contributed by atoms with E-state index in [9.17, 15) is 0 Å². The lowest BCUT2D eigenvalue weighted by Crippen LogP contribution is -1.85. The number of nitrogens with zero attached hydrogens (tertiary/aromatic N) is 1. The Balaban J connectivity index is 1.83. The number of fused-ring (bicyclic) bond motifs is 8. The largest absolute Gasteiger partial charge is 0.449 e. The van der Waals surface area contributed by atoms with Gasteiger partial charge in [0.25, 0.3) is 0 Å². The average molecular weight is 293 g/mol. The zero-order chi connectivity index (χ0) is 15.0. The van der Waals surface area contributed by atoms with Gasteiger partial charge in [-0.2, -0.15) is 0 Å². The van der Waals surface area contributed by atoms with Crippen LogP contribution in [0.5, 0.6) is 11.5 Å². The topological polar surface area (TPSA) is 25.4 Å². The second-order valence-electron chi connectivity index (χ2n) is 6.07. The molecule has 2 nitrogen and oxygen atoms in total. The van der Waals surface area contributed by atoms with E-state index < -0.39 is 0 Å². The molecule has 0 spiro atoms. The van der Waals surface area contributed by atoms with Crippen LogP contribution < -0.4 is 4.74 Å². The van der Waals surface area contributed by atoms with E-state index in [1.807, 2.05) is 6.07 Å². The molecule has 0 saturated carbocycles. The molecule has 2 heterocycles. The Kier molecular flexibility index (Phi) is 1.89. The van der Waals surface area contributed by atoms with E-state index in [1.165, 1.54) is 32.3 Å². The van der Waals surface area contributed by atoms with Crippen LogP contribution in [0.1, 0.15) is 0 Å². The molecule has 2 heteroatoms. The van der Waals surface area contributed by atoms with Crippen molar-refractivity contribution >= 4 is 43.4 Å². The second-order valence-corrected chi connectivity index (χ2v) is 6.07. The van der Waals surface area contributed by atoms with Gasteiger partial charge in [-0.1, -0.05) is 36.4 Å². The number of rotatable bonds is 0. The third-order valence-electron chi connectivity index (χ3n) is 4.77. The van der Waals surface area contributed by atoms with Crippen LogP contribution >= 0.6 is 0 Å². The molecule has 0 N–H and O–H groups in total. The van der Waals surface area contributed by atoms with Gasteiger partial charge in [-0.3, -0.25) is 0 Å². The summed E-state index contributed by atoms with van der Waals surface area (Å²) in [5.74, 6) is 2.01. The van der Waals surface area contributed by atoms with Gasteiger partial charge in [0.05, 0.1) is 11.0 Å². The van der Waals surface area contributed by atoms with E-state index in [0.717, 1.165) is 22.5 Å². The molecule has 0 bridgehead atoms. The Hall–Kier alpha value is -3.13. The van der Waals surface area contributed by atoms with Gasteiger partial charge in [-0.25, -0.2) is 4.98 Å². The van der Waals surface area contributed by atoms with E-state index in [1.54, 1.807) is 0 Å². The fourth-order valence-electron chi connectivity index (χ4n) is 3.58. The molecule has 5 aromatic rings. The van der Waals surface area contributed by atoms with Crippen molar-refractivity contribution in [3.05, 3.63) is 66.7 Å². The van der Waals surface area contributed by atoms with Crippen molar-refractivity contribution in [3.8, 4) is 11.5 Å². The maximum Gasteiger partial charge on any atom is 0.177 e. The van der Waals surface area contributed by atoms with Crippen molar-refractivity contribution in [2.75, 3.05) is 0 Å². The van der Waals surface area contributed by atoms with Crippen molar-refractivity contribution in [2.24, 2.45) is 0 Å². The fourth-order valence-corrected chi connectivity index (χ4v) is 3.58. The third-order valence-corrected chi connectivity index (χ3v) is 4.77. The number of benzene rings is 4. The van der Waals surface area contributed by atoms with E-state index in [0.29, 0.717) is 0 Å². The van der Waals surface area contributed by atoms with Crippen molar-refractivity contribution in [2.45, 2.75) is 0 Å². The molecule has 1 aliphatic rings. The third kappa shape index (κ3) is 1.45. The lowest BCUT2D eigenvalue weighted by molar-refractivity contribution is 0.653. The van der Waals surface area contributed by atoms with Gasteiger partial charge in [0.1, 0.15) is 0 Å². The van der Waals surface area contributed by atoms with Crippen molar-refractivity contribution < 1.29 is 4.74 Å². The van der Waals surface area contributed by atoms with Crippen LogP contribution in [0, 0.1) is 0 Å². The SMILES string of the molecule is c1ccc2c(c1)ccc1cc3c(ccc4c5c(ccc43)O5)nc12. The molecule has 6 rings (SSSR count). The smallest absolute Gasteiger partial charge is 0.177 e. The summed E-state index contributed by atoms with van der Waals surface area (Å²) in [6.07, 6.45) is 0. The zero-order valence-electron chi connectivity index (χ0n) is 12.2. The molecule has 23 heavy (non-hydrogen) atoms. The minimum absolute atomic E-state index is 0.997. The molecule has 0 aliphatic carbocycles. The van der Waals surface area contributed by atoms with Crippen LogP contribution in [0.25, 0.3) is 43.4 Å². The maximum absolute atomic E-state index is 5.52. The highest BCUT2D eigenvalue weighted by atomic mass is 16.6. The number of hydrogen-bond donors (Lipinski definition) is 0. The van der Waals surface area contributed by atoms with Crippen molar-refractivity contribution in [1.82, 2.24) is 4.98 Å². The molecule has 0 radical (unpaired) electrons. The minimum Gasteiger partial charge on any atom is -0.449 e. The summed E-state index contributed by atoms with van der Waals surface area (Å²) in [7, 11) is 0. The standard InChI is InChI=1S/C21H11NO/c1-2-4-14-12(3-1)5-6-13-11-17-15-8-10-19-21(23-19)16(15)7-9-18(17)22-20(13)14/h1-11H. The van der Waals surface area contributed by atoms with Gasteiger partial charge in [-0.15, -0.1) is 0 Å². The van der Waals surface area contributed by atoms with Crippen LogP contribution in [0.3, 0.4) is 0 Å². The van der Waals surface area contributed by atoms with Crippen LogP contribution in [0.4, 0.5) is 0 Å². The Morgan fingerprint density at radius 3 is 2.52 bits per heavy atom. The van der Waals surface area contributed by atoms with Crippen molar-refractivity contribution in [3.63, 3.8) is 0 Å². The minimum atomic E-state index is 0.997. The van der Waals surface area contributed by atoms with Gasteiger partial charge in [0.15, 0.2) is 11.5 Å². The van der Waals surface area contributed by atoms with Gasteiger partial charge < -0.3 is 4.74 Å². The maximum atomic E-state index is 5.52. The first-order valence-corrected chi connectivity index (χ1v) is 7.74. The van der Waals surface area contributed by atoms with E-state index in [4.69, 9.17) is 9.72 Å². The predicted octanol–water partition coefficient (Wildman–Crippen LogP) is 5.80. The molecule has 0 amide bonds. The molecule has 106 valence electrons. The molecule has 0 atom stereocenters. The average Bonchev–Trinajstić information content (AvgIpc) is 3.40. The Bertz CT molecular complexity index is 1290. The monoisotopic (exact) mass is 293 g/mol. The number of aromatic nitrogens is 1. The van der Waals surface area contributed by atoms with Crippen LogP contribution in [0.15, 0.2) is 66.7 Å². The summed E-state index contributed by atoms with van der Waals surface area (Å²) in [4.78, 5) is 4.96. The molecule has 0 saturated heterocycles. The highest BCUT2D eigenvalue weighted by molar-refractivity contribution is 6.15. The van der Waals surface area contributed by atoms with Gasteiger partial charge >= 0.3 is 0 Å². The Labute approximate surface area is 131 Å². The molecule has 1 aromatic heterocycles. The van der Waals surface area contributed by atoms with E-state index in [2.05, 4.69) is 60.7 Å². The van der Waals surface area contributed by atoms with Gasteiger partial charge in [0, 0.05) is 21.5 Å². The molecule has 4 aromatic carbocycles.